The molecule has 0 heterocycles. The van der Waals surface area contributed by atoms with E-state index in [2.05, 4.69) is 24.3 Å². The third-order valence-electron chi connectivity index (χ3n) is 8.29. The predicted octanol–water partition coefficient (Wildman–Crippen LogP) is 9.48. The SMILES string of the molecule is Cc1cc(C2(c3cc(C)c(O)c(C)c3)CCCCCCCCCCCCCCC2)cc(C)c1O. The molecule has 1 fully saturated rings. The zero-order chi connectivity index (χ0) is 24.6. The second-order valence-electron chi connectivity index (χ2n) is 11.1. The van der Waals surface area contributed by atoms with Gasteiger partial charge in [0.05, 0.1) is 0 Å². The van der Waals surface area contributed by atoms with Crippen LogP contribution in [0.2, 0.25) is 0 Å². The molecule has 0 saturated heterocycles. The summed E-state index contributed by atoms with van der Waals surface area (Å²) in [5, 5.41) is 21.1. The van der Waals surface area contributed by atoms with Crippen LogP contribution >= 0.6 is 0 Å². The van der Waals surface area contributed by atoms with Gasteiger partial charge in [0.25, 0.3) is 0 Å². The van der Waals surface area contributed by atoms with Crippen LogP contribution in [0, 0.1) is 27.7 Å². The van der Waals surface area contributed by atoms with Gasteiger partial charge in [-0.2, -0.15) is 0 Å². The largest absolute Gasteiger partial charge is 0.507 e. The van der Waals surface area contributed by atoms with Gasteiger partial charge in [0.2, 0.25) is 0 Å². The first-order valence-corrected chi connectivity index (χ1v) is 14.0. The predicted molar refractivity (Wildman–Crippen MR) is 145 cm³/mol. The summed E-state index contributed by atoms with van der Waals surface area (Å²) in [6.07, 6.45) is 19.7. The van der Waals surface area contributed by atoms with Crippen LogP contribution in [0.4, 0.5) is 0 Å². The van der Waals surface area contributed by atoms with Crippen molar-refractivity contribution < 1.29 is 10.2 Å². The van der Waals surface area contributed by atoms with Crippen molar-refractivity contribution in [3.8, 4) is 11.5 Å². The summed E-state index contributed by atoms with van der Waals surface area (Å²) in [4.78, 5) is 0. The van der Waals surface area contributed by atoms with Gasteiger partial charge in [0.15, 0.2) is 0 Å². The summed E-state index contributed by atoms with van der Waals surface area (Å²) in [5.41, 5.74) is 6.46. The lowest BCUT2D eigenvalue weighted by molar-refractivity contribution is 0.385. The minimum atomic E-state index is -0.0799. The molecule has 1 aliphatic carbocycles. The van der Waals surface area contributed by atoms with Crippen molar-refractivity contribution in [3.63, 3.8) is 0 Å². The number of rotatable bonds is 2. The van der Waals surface area contributed by atoms with Gasteiger partial charge < -0.3 is 10.2 Å². The van der Waals surface area contributed by atoms with Crippen LogP contribution in [-0.2, 0) is 5.41 Å². The number of hydrogen-bond acceptors (Lipinski definition) is 2. The Hall–Kier alpha value is -1.96. The van der Waals surface area contributed by atoms with Crippen molar-refractivity contribution in [2.24, 2.45) is 0 Å². The lowest BCUT2D eigenvalue weighted by atomic mass is 9.66. The molecule has 2 heteroatoms. The van der Waals surface area contributed by atoms with Gasteiger partial charge in [0.1, 0.15) is 11.5 Å². The molecule has 188 valence electrons. The van der Waals surface area contributed by atoms with Gasteiger partial charge in [-0.3, -0.25) is 0 Å². The second kappa shape index (κ2) is 12.7. The number of phenolic OH excluding ortho intramolecular Hbond substituents is 2. The smallest absolute Gasteiger partial charge is 0.121 e. The molecule has 34 heavy (non-hydrogen) atoms. The highest BCUT2D eigenvalue weighted by molar-refractivity contribution is 5.52. The highest BCUT2D eigenvalue weighted by atomic mass is 16.3. The Morgan fingerprint density at radius 3 is 0.941 bits per heavy atom. The van der Waals surface area contributed by atoms with Crippen LogP contribution < -0.4 is 0 Å². The van der Waals surface area contributed by atoms with E-state index in [1.165, 1.54) is 94.6 Å². The van der Waals surface area contributed by atoms with Gasteiger partial charge in [-0.1, -0.05) is 108 Å². The van der Waals surface area contributed by atoms with Crippen LogP contribution in [0.1, 0.15) is 130 Å². The number of phenols is 2. The molecule has 3 rings (SSSR count). The Morgan fingerprint density at radius 1 is 0.441 bits per heavy atom. The van der Waals surface area contributed by atoms with E-state index in [1.54, 1.807) is 0 Å². The maximum absolute atomic E-state index is 10.5. The summed E-state index contributed by atoms with van der Waals surface area (Å²) >= 11 is 0. The van der Waals surface area contributed by atoms with Crippen molar-refractivity contribution in [2.45, 2.75) is 129 Å². The highest BCUT2D eigenvalue weighted by Gasteiger charge is 2.35. The molecule has 0 spiro atoms. The fraction of sp³-hybridized carbons (Fsp3) is 0.625. The molecule has 2 N–H and O–H groups in total. The molecule has 0 aliphatic heterocycles. The molecular weight excluding hydrogens is 416 g/mol. The Balaban J connectivity index is 2.03. The Kier molecular flexibility index (Phi) is 9.92. The third-order valence-corrected chi connectivity index (χ3v) is 8.29. The standard InChI is InChI=1S/C32H48O2/c1-24-20-28(21-25(2)30(24)33)32(29-22-26(3)31(34)27(4)23-29)18-16-14-12-10-8-6-5-7-9-11-13-15-17-19-32/h20-23,33-34H,5-19H2,1-4H3. The van der Waals surface area contributed by atoms with E-state index in [-0.39, 0.29) is 5.41 Å². The Labute approximate surface area is 208 Å². The first kappa shape index (κ1) is 26.6. The monoisotopic (exact) mass is 464 g/mol. The molecule has 1 saturated carbocycles. The van der Waals surface area contributed by atoms with Crippen molar-refractivity contribution in [3.05, 3.63) is 57.6 Å². The molecule has 2 aromatic rings. The normalized spacial score (nSPS) is 19.1. The topological polar surface area (TPSA) is 40.5 Å². The highest BCUT2D eigenvalue weighted by Crippen LogP contribution is 2.45. The molecule has 0 amide bonds. The van der Waals surface area contributed by atoms with Crippen LogP contribution in [0.5, 0.6) is 11.5 Å². The fourth-order valence-corrected chi connectivity index (χ4v) is 6.13. The van der Waals surface area contributed by atoms with Crippen LogP contribution in [0.3, 0.4) is 0 Å². The average Bonchev–Trinajstić information content (AvgIpc) is 2.80. The van der Waals surface area contributed by atoms with Gasteiger partial charge in [-0.05, 0) is 73.9 Å². The lowest BCUT2D eigenvalue weighted by Crippen LogP contribution is -2.29. The van der Waals surface area contributed by atoms with E-state index < -0.39 is 0 Å². The first-order valence-electron chi connectivity index (χ1n) is 14.0. The minimum absolute atomic E-state index is 0.0799. The second-order valence-corrected chi connectivity index (χ2v) is 11.1. The van der Waals surface area contributed by atoms with Crippen LogP contribution in [0.25, 0.3) is 0 Å². The number of aromatic hydroxyl groups is 2. The zero-order valence-electron chi connectivity index (χ0n) is 22.3. The molecule has 2 aromatic carbocycles. The van der Waals surface area contributed by atoms with Gasteiger partial charge in [0, 0.05) is 5.41 Å². The molecule has 0 unspecified atom stereocenters. The summed E-state index contributed by atoms with van der Waals surface area (Å²) in [7, 11) is 0. The fourth-order valence-electron chi connectivity index (χ4n) is 6.13. The van der Waals surface area contributed by atoms with E-state index in [0.717, 1.165) is 35.1 Å². The third kappa shape index (κ3) is 6.58. The summed E-state index contributed by atoms with van der Waals surface area (Å²) in [5.74, 6) is 0.843. The van der Waals surface area contributed by atoms with Crippen LogP contribution in [-0.4, -0.2) is 10.2 Å². The van der Waals surface area contributed by atoms with Gasteiger partial charge >= 0.3 is 0 Å². The maximum Gasteiger partial charge on any atom is 0.121 e. The first-order chi connectivity index (χ1) is 16.3. The van der Waals surface area contributed by atoms with E-state index in [0.29, 0.717) is 11.5 Å². The van der Waals surface area contributed by atoms with Gasteiger partial charge in [-0.25, -0.2) is 0 Å². The molecular formula is C32H48O2. The van der Waals surface area contributed by atoms with E-state index in [9.17, 15) is 10.2 Å². The van der Waals surface area contributed by atoms with E-state index >= 15 is 0 Å². The maximum atomic E-state index is 10.5. The molecule has 0 radical (unpaired) electrons. The summed E-state index contributed by atoms with van der Waals surface area (Å²) < 4.78 is 0. The summed E-state index contributed by atoms with van der Waals surface area (Å²) in [6, 6.07) is 8.94. The molecule has 0 aromatic heterocycles. The number of benzene rings is 2. The average molecular weight is 465 g/mol. The minimum Gasteiger partial charge on any atom is -0.507 e. The van der Waals surface area contributed by atoms with Crippen molar-refractivity contribution in [2.75, 3.05) is 0 Å². The van der Waals surface area contributed by atoms with E-state index in [1.807, 2.05) is 27.7 Å². The van der Waals surface area contributed by atoms with Crippen molar-refractivity contribution in [1.29, 1.82) is 0 Å². The van der Waals surface area contributed by atoms with Crippen molar-refractivity contribution in [1.82, 2.24) is 0 Å². The lowest BCUT2D eigenvalue weighted by Gasteiger charge is -2.37. The zero-order valence-corrected chi connectivity index (χ0v) is 22.3. The quantitative estimate of drug-likeness (QED) is 0.464. The Morgan fingerprint density at radius 2 is 0.676 bits per heavy atom. The molecule has 0 atom stereocenters. The Bertz CT molecular complexity index is 805. The van der Waals surface area contributed by atoms with Gasteiger partial charge in [-0.15, -0.1) is 0 Å². The molecule has 0 bridgehead atoms. The van der Waals surface area contributed by atoms with E-state index in [4.69, 9.17) is 0 Å². The number of aryl methyl sites for hydroxylation is 4. The summed E-state index contributed by atoms with van der Waals surface area (Å²) in [6.45, 7) is 8.12. The number of hydrogen-bond donors (Lipinski definition) is 2. The molecule has 2 nitrogen and oxygen atoms in total. The molecule has 1 aliphatic rings. The van der Waals surface area contributed by atoms with Crippen LogP contribution in [0.15, 0.2) is 24.3 Å². The van der Waals surface area contributed by atoms with Crippen molar-refractivity contribution >= 4 is 0 Å².